The van der Waals surface area contributed by atoms with E-state index < -0.39 is 0 Å². The van der Waals surface area contributed by atoms with E-state index in [0.29, 0.717) is 10.0 Å². The molecular formula is C12H10Cl2. The summed E-state index contributed by atoms with van der Waals surface area (Å²) in [5.41, 5.74) is 2.45. The Morgan fingerprint density at radius 3 is 1.50 bits per heavy atom. The Balaban J connectivity index is 2.94. The molecule has 0 aliphatic carbocycles. The van der Waals surface area contributed by atoms with Crippen LogP contribution in [0.2, 0.25) is 10.0 Å². The summed E-state index contributed by atoms with van der Waals surface area (Å²) < 4.78 is 0. The summed E-state index contributed by atoms with van der Waals surface area (Å²) in [7, 11) is 0. The van der Waals surface area contributed by atoms with Gasteiger partial charge in [-0.05, 0) is 47.9 Å². The van der Waals surface area contributed by atoms with Crippen LogP contribution in [0.25, 0.3) is 10.8 Å². The highest BCUT2D eigenvalue weighted by atomic mass is 35.5. The van der Waals surface area contributed by atoms with Gasteiger partial charge in [0.15, 0.2) is 0 Å². The second kappa shape index (κ2) is 3.45. The Morgan fingerprint density at radius 1 is 0.786 bits per heavy atom. The summed E-state index contributed by atoms with van der Waals surface area (Å²) in [5.74, 6) is 0. The highest BCUT2D eigenvalue weighted by molar-refractivity contribution is 6.42. The van der Waals surface area contributed by atoms with Gasteiger partial charge in [0, 0.05) is 0 Å². The first-order valence-electron chi connectivity index (χ1n) is 4.44. The average molecular weight is 225 g/mol. The van der Waals surface area contributed by atoms with Crippen LogP contribution < -0.4 is 0 Å². The Bertz CT molecular complexity index is 455. The Kier molecular flexibility index (Phi) is 2.42. The van der Waals surface area contributed by atoms with E-state index in [9.17, 15) is 0 Å². The van der Waals surface area contributed by atoms with Crippen LogP contribution in [0.4, 0.5) is 0 Å². The van der Waals surface area contributed by atoms with Gasteiger partial charge in [-0.25, -0.2) is 0 Å². The van der Waals surface area contributed by atoms with Crippen molar-refractivity contribution in [3.63, 3.8) is 0 Å². The zero-order chi connectivity index (χ0) is 10.3. The summed E-state index contributed by atoms with van der Waals surface area (Å²) in [6, 6.07) is 8.06. The van der Waals surface area contributed by atoms with Crippen molar-refractivity contribution < 1.29 is 0 Å². The molecule has 0 heterocycles. The molecule has 0 fully saturated rings. The minimum absolute atomic E-state index is 0.618. The third-order valence-corrected chi connectivity index (χ3v) is 3.22. The third kappa shape index (κ3) is 1.49. The van der Waals surface area contributed by atoms with E-state index >= 15 is 0 Å². The van der Waals surface area contributed by atoms with E-state index in [1.54, 1.807) is 0 Å². The maximum Gasteiger partial charge on any atom is 0.0598 e. The molecule has 0 spiro atoms. The molecule has 0 bridgehead atoms. The molecule has 72 valence electrons. The molecular weight excluding hydrogens is 215 g/mol. The predicted molar refractivity (Wildman–Crippen MR) is 63.4 cm³/mol. The molecule has 0 aromatic heterocycles. The molecule has 0 nitrogen and oxygen atoms in total. The molecule has 0 amide bonds. The van der Waals surface area contributed by atoms with E-state index in [4.69, 9.17) is 23.2 Å². The summed E-state index contributed by atoms with van der Waals surface area (Å²) >= 11 is 12.0. The molecule has 0 unspecified atom stereocenters. The molecule has 0 aliphatic heterocycles. The van der Waals surface area contributed by atoms with Crippen LogP contribution in [0, 0.1) is 13.8 Å². The lowest BCUT2D eigenvalue weighted by molar-refractivity contribution is 1.46. The number of halogens is 2. The highest BCUT2D eigenvalue weighted by Crippen LogP contribution is 2.31. The van der Waals surface area contributed by atoms with Crippen LogP contribution in [0.15, 0.2) is 24.3 Å². The van der Waals surface area contributed by atoms with Gasteiger partial charge < -0.3 is 0 Å². The third-order valence-electron chi connectivity index (χ3n) is 2.49. The number of aryl methyl sites for hydroxylation is 2. The lowest BCUT2D eigenvalue weighted by Gasteiger charge is -2.07. The number of hydrogen-bond donors (Lipinski definition) is 0. The van der Waals surface area contributed by atoms with Gasteiger partial charge in [-0.2, -0.15) is 0 Å². The fraction of sp³-hybridized carbons (Fsp3) is 0.167. The molecule has 14 heavy (non-hydrogen) atoms. The molecule has 0 atom stereocenters. The van der Waals surface area contributed by atoms with Gasteiger partial charge in [0.2, 0.25) is 0 Å². The van der Waals surface area contributed by atoms with Crippen molar-refractivity contribution in [1.82, 2.24) is 0 Å². The fourth-order valence-corrected chi connectivity index (χ4v) is 1.96. The summed E-state index contributed by atoms with van der Waals surface area (Å²) in [5, 5.41) is 3.60. The average Bonchev–Trinajstić information content (AvgIpc) is 2.15. The first-order chi connectivity index (χ1) is 6.59. The normalized spacial score (nSPS) is 10.9. The van der Waals surface area contributed by atoms with Crippen molar-refractivity contribution in [1.29, 1.82) is 0 Å². The van der Waals surface area contributed by atoms with Gasteiger partial charge in [-0.1, -0.05) is 35.3 Å². The van der Waals surface area contributed by atoms with Crippen LogP contribution in [0.5, 0.6) is 0 Å². The topological polar surface area (TPSA) is 0 Å². The second-order valence-corrected chi connectivity index (χ2v) is 4.33. The Morgan fingerprint density at radius 2 is 1.14 bits per heavy atom. The lowest BCUT2D eigenvalue weighted by Crippen LogP contribution is -1.83. The van der Waals surface area contributed by atoms with E-state index in [1.807, 2.05) is 12.1 Å². The van der Waals surface area contributed by atoms with Gasteiger partial charge in [0.1, 0.15) is 0 Å². The van der Waals surface area contributed by atoms with Crippen molar-refractivity contribution in [2.24, 2.45) is 0 Å². The summed E-state index contributed by atoms with van der Waals surface area (Å²) in [6.07, 6.45) is 0. The van der Waals surface area contributed by atoms with Gasteiger partial charge in [0.05, 0.1) is 10.0 Å². The molecule has 0 radical (unpaired) electrons. The van der Waals surface area contributed by atoms with E-state index in [-0.39, 0.29) is 0 Å². The molecule has 0 aliphatic rings. The molecule has 2 rings (SSSR count). The van der Waals surface area contributed by atoms with Crippen molar-refractivity contribution >= 4 is 34.0 Å². The van der Waals surface area contributed by atoms with Crippen LogP contribution >= 0.6 is 23.2 Å². The molecule has 2 aromatic carbocycles. The van der Waals surface area contributed by atoms with Gasteiger partial charge in [-0.3, -0.25) is 0 Å². The van der Waals surface area contributed by atoms with Crippen LogP contribution in [0.1, 0.15) is 11.1 Å². The smallest absolute Gasteiger partial charge is 0.0598 e. The second-order valence-electron chi connectivity index (χ2n) is 3.51. The lowest BCUT2D eigenvalue weighted by atomic mass is 10.0. The van der Waals surface area contributed by atoms with Gasteiger partial charge >= 0.3 is 0 Å². The summed E-state index contributed by atoms with van der Waals surface area (Å²) in [4.78, 5) is 0. The van der Waals surface area contributed by atoms with Crippen LogP contribution in [-0.2, 0) is 0 Å². The number of rotatable bonds is 0. The summed E-state index contributed by atoms with van der Waals surface area (Å²) in [6.45, 7) is 4.15. The van der Waals surface area contributed by atoms with Crippen molar-refractivity contribution in [2.45, 2.75) is 13.8 Å². The first-order valence-corrected chi connectivity index (χ1v) is 5.20. The molecule has 0 saturated heterocycles. The maximum atomic E-state index is 5.98. The van der Waals surface area contributed by atoms with Crippen LogP contribution in [-0.4, -0.2) is 0 Å². The molecule has 0 saturated carbocycles. The Hall–Kier alpha value is -0.720. The zero-order valence-corrected chi connectivity index (χ0v) is 9.58. The predicted octanol–water partition coefficient (Wildman–Crippen LogP) is 4.76. The minimum atomic E-state index is 0.618. The SMILES string of the molecule is Cc1ccc(C)c2cc(Cl)c(Cl)cc12. The van der Waals surface area contributed by atoms with Gasteiger partial charge in [0.25, 0.3) is 0 Å². The van der Waals surface area contributed by atoms with Crippen molar-refractivity contribution in [3.8, 4) is 0 Å². The zero-order valence-electron chi connectivity index (χ0n) is 8.07. The minimum Gasteiger partial charge on any atom is -0.0827 e. The number of hydrogen-bond acceptors (Lipinski definition) is 0. The molecule has 2 heteroatoms. The quantitative estimate of drug-likeness (QED) is 0.606. The molecule has 2 aromatic rings. The van der Waals surface area contributed by atoms with E-state index in [1.165, 1.54) is 21.9 Å². The first kappa shape index (κ1) is 9.82. The number of benzene rings is 2. The van der Waals surface area contributed by atoms with Crippen LogP contribution in [0.3, 0.4) is 0 Å². The number of fused-ring (bicyclic) bond motifs is 1. The Labute approximate surface area is 93.4 Å². The monoisotopic (exact) mass is 224 g/mol. The highest BCUT2D eigenvalue weighted by Gasteiger charge is 2.04. The standard InChI is InChI=1S/C12H10Cl2/c1-7-3-4-8(2)10-6-12(14)11(13)5-9(7)10/h3-6H,1-2H3. The maximum absolute atomic E-state index is 5.98. The fourth-order valence-electron chi connectivity index (χ4n) is 1.63. The van der Waals surface area contributed by atoms with Crippen molar-refractivity contribution in [3.05, 3.63) is 45.4 Å². The van der Waals surface area contributed by atoms with E-state index in [0.717, 1.165) is 0 Å². The molecule has 0 N–H and O–H groups in total. The van der Waals surface area contributed by atoms with Gasteiger partial charge in [-0.15, -0.1) is 0 Å². The van der Waals surface area contributed by atoms with Crippen molar-refractivity contribution in [2.75, 3.05) is 0 Å². The largest absolute Gasteiger partial charge is 0.0827 e. The van der Waals surface area contributed by atoms with E-state index in [2.05, 4.69) is 26.0 Å².